The summed E-state index contributed by atoms with van der Waals surface area (Å²) >= 11 is 13.7. The molecule has 0 spiro atoms. The number of hydrogen-bond donors (Lipinski definition) is 3. The molecule has 9 heteroatoms. The molecule has 184 valence electrons. The van der Waals surface area contributed by atoms with E-state index in [1.54, 1.807) is 12.1 Å². The number of hydrogen-bond acceptors (Lipinski definition) is 7. The van der Waals surface area contributed by atoms with Crippen LogP contribution in [0.5, 0.6) is 5.75 Å². The van der Waals surface area contributed by atoms with Gasteiger partial charge >= 0.3 is 51.4 Å². The van der Waals surface area contributed by atoms with Gasteiger partial charge in [0, 0.05) is 4.38 Å². The molecule has 0 aliphatic rings. The number of H-pyrrole nitrogens is 1. The number of benzene rings is 4. The number of nitrogens with two attached hydrogens (primary N) is 1. The first kappa shape index (κ1) is 31.1. The number of rotatable bonds is 3. The zero-order chi connectivity index (χ0) is 25.9. The monoisotopic (exact) mass is 572 g/mol. The molecule has 5 rings (SSSR count). The molecule has 4 aromatic carbocycles. The molecule has 37 heavy (non-hydrogen) atoms. The zero-order valence-electron chi connectivity index (χ0n) is 20.5. The van der Waals surface area contributed by atoms with Gasteiger partial charge in [0.1, 0.15) is 5.75 Å². The number of anilines is 1. The number of nitrogen functional groups attached to an aromatic ring is 1. The van der Waals surface area contributed by atoms with Crippen LogP contribution in [0.15, 0.2) is 101 Å². The molecule has 0 radical (unpaired) electrons. The van der Waals surface area contributed by atoms with Crippen molar-refractivity contribution in [2.45, 2.75) is 6.92 Å². The van der Waals surface area contributed by atoms with Crippen molar-refractivity contribution in [3.8, 4) is 28.0 Å². The topological polar surface area (TPSA) is 84.4 Å². The molecule has 0 unspecified atom stereocenters. The van der Waals surface area contributed by atoms with E-state index in [1.807, 2.05) is 79.7 Å². The van der Waals surface area contributed by atoms with E-state index in [1.165, 1.54) is 5.56 Å². The second-order valence-corrected chi connectivity index (χ2v) is 8.78. The standard InChI is InChI=1S/C13H9NOS.C12H11NO.C3H6OS2.K/c16-13-14-11-8-10(6-7-12(11)15-13)9-4-2-1-3-5-9;13-11-8-10(6-7-12(11)14)9-4-2-1-3-5-9;1-2-4-3(5)6;/h1-8H,(H,14,16);1-8,14H,13H2;2H2,1H3,(H,5,6);/q;;;+1/p-1. The van der Waals surface area contributed by atoms with E-state index in [9.17, 15) is 5.11 Å². The van der Waals surface area contributed by atoms with E-state index in [2.05, 4.69) is 46.7 Å². The van der Waals surface area contributed by atoms with Gasteiger partial charge in [0.15, 0.2) is 5.58 Å². The minimum atomic E-state index is 0. The Bertz CT molecular complexity index is 1470. The summed E-state index contributed by atoms with van der Waals surface area (Å²) in [6.07, 6.45) is 0. The van der Waals surface area contributed by atoms with Gasteiger partial charge in [0.05, 0.1) is 17.8 Å². The molecule has 0 aliphatic heterocycles. The molecular weight excluding hydrogens is 548 g/mol. The third-order valence-corrected chi connectivity index (χ3v) is 5.34. The first-order valence-corrected chi connectivity index (χ1v) is 12.3. The summed E-state index contributed by atoms with van der Waals surface area (Å²) in [5.41, 5.74) is 12.2. The number of ether oxygens (including phenoxy) is 1. The average Bonchev–Trinajstić information content (AvgIpc) is 3.27. The zero-order valence-corrected chi connectivity index (χ0v) is 26.1. The summed E-state index contributed by atoms with van der Waals surface area (Å²) in [5, 5.41) is 9.27. The van der Waals surface area contributed by atoms with Crippen LogP contribution < -0.4 is 57.1 Å². The smallest absolute Gasteiger partial charge is 0.514 e. The van der Waals surface area contributed by atoms with Crippen LogP contribution in [0.1, 0.15) is 6.92 Å². The Morgan fingerprint density at radius 2 is 1.43 bits per heavy atom. The van der Waals surface area contributed by atoms with Crippen LogP contribution in [0.3, 0.4) is 0 Å². The summed E-state index contributed by atoms with van der Waals surface area (Å²) in [4.78, 5) is 3.43. The van der Waals surface area contributed by atoms with Gasteiger partial charge in [-0.1, -0.05) is 72.8 Å². The Balaban J connectivity index is 0.000000212. The molecule has 4 N–H and O–H groups in total. The van der Waals surface area contributed by atoms with Gasteiger partial charge in [-0.05, 0) is 65.7 Å². The van der Waals surface area contributed by atoms with Gasteiger partial charge in [-0.2, -0.15) is 0 Å². The number of oxazole rings is 1. The predicted octanol–water partition coefficient (Wildman–Crippen LogP) is 4.66. The van der Waals surface area contributed by atoms with Crippen molar-refractivity contribution in [3.63, 3.8) is 0 Å². The van der Waals surface area contributed by atoms with Gasteiger partial charge in [-0.25, -0.2) is 0 Å². The minimum absolute atomic E-state index is 0. The van der Waals surface area contributed by atoms with Crippen LogP contribution in [0, 0.1) is 4.84 Å². The molecule has 0 amide bonds. The van der Waals surface area contributed by atoms with E-state index in [0.29, 0.717) is 17.1 Å². The van der Waals surface area contributed by atoms with Crippen LogP contribution in [0.25, 0.3) is 33.4 Å². The number of aromatic amines is 1. The minimum Gasteiger partial charge on any atom is -0.514 e. The number of thiocarbonyl (C=S) groups is 1. The molecule has 5 nitrogen and oxygen atoms in total. The van der Waals surface area contributed by atoms with Crippen molar-refractivity contribution in [1.29, 1.82) is 0 Å². The van der Waals surface area contributed by atoms with Gasteiger partial charge in [-0.15, -0.1) is 0 Å². The van der Waals surface area contributed by atoms with E-state index in [4.69, 9.17) is 22.4 Å². The predicted molar refractivity (Wildman–Crippen MR) is 156 cm³/mol. The largest absolute Gasteiger partial charge is 1.00 e. The molecule has 0 saturated carbocycles. The summed E-state index contributed by atoms with van der Waals surface area (Å²) in [6, 6.07) is 31.4. The van der Waals surface area contributed by atoms with Crippen molar-refractivity contribution in [2.24, 2.45) is 0 Å². The number of aromatic nitrogens is 1. The maximum absolute atomic E-state index is 9.27. The molecule has 1 aromatic heterocycles. The van der Waals surface area contributed by atoms with Crippen molar-refractivity contribution in [2.75, 3.05) is 12.3 Å². The quantitative estimate of drug-likeness (QED) is 0.0954. The van der Waals surface area contributed by atoms with E-state index < -0.39 is 0 Å². The number of fused-ring (bicyclic) bond motifs is 1. The van der Waals surface area contributed by atoms with E-state index >= 15 is 0 Å². The summed E-state index contributed by atoms with van der Waals surface area (Å²) in [6.45, 7) is 2.43. The van der Waals surface area contributed by atoms with Gasteiger partial charge < -0.3 is 49.8 Å². The molecule has 0 bridgehead atoms. The van der Waals surface area contributed by atoms with Crippen molar-refractivity contribution in [1.82, 2.24) is 4.98 Å². The fourth-order valence-electron chi connectivity index (χ4n) is 3.24. The van der Waals surface area contributed by atoms with Crippen LogP contribution in [0.2, 0.25) is 0 Å². The number of aromatic hydroxyl groups is 1. The Morgan fingerprint density at radius 3 is 1.92 bits per heavy atom. The molecule has 0 aliphatic carbocycles. The normalized spacial score (nSPS) is 9.65. The van der Waals surface area contributed by atoms with Gasteiger partial charge in [-0.3, -0.25) is 0 Å². The molecule has 0 saturated heterocycles. The van der Waals surface area contributed by atoms with Crippen molar-refractivity contribution < 1.29 is 65.6 Å². The number of phenols is 1. The molecule has 0 fully saturated rings. The third kappa shape index (κ3) is 9.95. The molecular formula is C28H25KN2O3S3. The Labute approximate surface area is 274 Å². The Morgan fingerprint density at radius 1 is 0.892 bits per heavy atom. The van der Waals surface area contributed by atoms with Crippen LogP contribution >= 0.6 is 24.4 Å². The first-order chi connectivity index (χ1) is 17.4. The third-order valence-electron chi connectivity index (χ3n) is 4.92. The maximum Gasteiger partial charge on any atom is 1.00 e. The van der Waals surface area contributed by atoms with Gasteiger partial charge in [0.25, 0.3) is 4.84 Å². The van der Waals surface area contributed by atoms with Crippen LogP contribution in [0.4, 0.5) is 5.69 Å². The number of phenolic OH excluding ortho intramolecular Hbond substituents is 1. The fourth-order valence-corrected chi connectivity index (χ4v) is 3.68. The number of nitrogens with one attached hydrogen (secondary N) is 1. The SMILES string of the molecule is CCOC(=S)[S-].Nc1cc(-c2ccccc2)ccc1O.S=c1[nH]c2cc(-c3ccccc3)ccc2o1.[K+]. The average molecular weight is 573 g/mol. The van der Waals surface area contributed by atoms with Crippen molar-refractivity contribution >= 4 is 58.2 Å². The van der Waals surface area contributed by atoms with E-state index in [0.717, 1.165) is 27.8 Å². The molecule has 5 aromatic rings. The second-order valence-electron chi connectivity index (χ2n) is 7.41. The summed E-state index contributed by atoms with van der Waals surface area (Å²) in [5.74, 6) is 0.129. The Kier molecular flexibility index (Phi) is 13.5. The van der Waals surface area contributed by atoms with E-state index in [-0.39, 0.29) is 61.5 Å². The van der Waals surface area contributed by atoms with Crippen LogP contribution in [-0.2, 0) is 17.4 Å². The van der Waals surface area contributed by atoms with Crippen LogP contribution in [-0.4, -0.2) is 21.1 Å². The van der Waals surface area contributed by atoms with Crippen molar-refractivity contribution in [3.05, 3.63) is 102 Å². The van der Waals surface area contributed by atoms with Gasteiger partial charge in [0.2, 0.25) is 0 Å². The summed E-state index contributed by atoms with van der Waals surface area (Å²) in [7, 11) is 0. The maximum atomic E-state index is 9.27. The first-order valence-electron chi connectivity index (χ1n) is 11.0. The summed E-state index contributed by atoms with van der Waals surface area (Å²) < 4.78 is 10.1. The second kappa shape index (κ2) is 16.0. The molecule has 1 heterocycles. The fraction of sp³-hybridized carbons (Fsp3) is 0.0714. The Hall–Kier alpha value is -2.08. The molecule has 0 atom stereocenters.